The van der Waals surface area contributed by atoms with Gasteiger partial charge in [0, 0.05) is 24.1 Å². The Bertz CT molecular complexity index is 247. The third-order valence-electron chi connectivity index (χ3n) is 5.10. The lowest BCUT2D eigenvalue weighted by molar-refractivity contribution is -0.175. The lowest BCUT2D eigenvalue weighted by atomic mass is 9.51. The van der Waals surface area contributed by atoms with Gasteiger partial charge in [-0.1, -0.05) is 27.2 Å². The second kappa shape index (κ2) is 5.27. The van der Waals surface area contributed by atoms with Crippen molar-refractivity contribution in [3.63, 3.8) is 0 Å². The molecule has 0 aromatic carbocycles. The normalized spacial score (nSPS) is 32.3. The van der Waals surface area contributed by atoms with E-state index >= 15 is 0 Å². The molecule has 0 aromatic rings. The monoisotopic (exact) mass is 239 g/mol. The molecular formula is C15H29NO. The largest absolute Gasteiger partial charge is 0.378 e. The Balaban J connectivity index is 1.90. The first-order valence-electron chi connectivity index (χ1n) is 7.51. The maximum atomic E-state index is 5.90. The third kappa shape index (κ3) is 2.26. The molecule has 2 aliphatic carbocycles. The highest BCUT2D eigenvalue weighted by molar-refractivity contribution is 5.12. The summed E-state index contributed by atoms with van der Waals surface area (Å²) in [6, 6.07) is 1.40. The number of hydrogen-bond acceptors (Lipinski definition) is 2. The highest BCUT2D eigenvalue weighted by atomic mass is 16.5. The molecule has 100 valence electrons. The van der Waals surface area contributed by atoms with Crippen molar-refractivity contribution in [3.05, 3.63) is 0 Å². The predicted octanol–water partition coefficient (Wildman–Crippen LogP) is 3.36. The van der Waals surface area contributed by atoms with Crippen LogP contribution < -0.4 is 5.32 Å². The third-order valence-corrected chi connectivity index (χ3v) is 5.10. The van der Waals surface area contributed by atoms with Crippen LogP contribution in [0.2, 0.25) is 0 Å². The summed E-state index contributed by atoms with van der Waals surface area (Å²) < 4.78 is 5.90. The second-order valence-electron chi connectivity index (χ2n) is 6.24. The maximum Gasteiger partial charge on any atom is 0.0661 e. The van der Waals surface area contributed by atoms with Crippen LogP contribution in [0, 0.1) is 11.3 Å². The fraction of sp³-hybridized carbons (Fsp3) is 1.00. The minimum atomic E-state index is 0.512. The molecule has 17 heavy (non-hydrogen) atoms. The van der Waals surface area contributed by atoms with Crippen molar-refractivity contribution >= 4 is 0 Å². The second-order valence-corrected chi connectivity index (χ2v) is 6.24. The molecule has 3 unspecified atom stereocenters. The van der Waals surface area contributed by atoms with Crippen molar-refractivity contribution in [2.24, 2.45) is 11.3 Å². The molecule has 0 heterocycles. The van der Waals surface area contributed by atoms with Crippen molar-refractivity contribution in [2.75, 3.05) is 6.61 Å². The smallest absolute Gasteiger partial charge is 0.0661 e. The minimum absolute atomic E-state index is 0.512. The molecule has 1 spiro atoms. The van der Waals surface area contributed by atoms with E-state index in [9.17, 15) is 0 Å². The predicted molar refractivity (Wildman–Crippen MR) is 72.2 cm³/mol. The van der Waals surface area contributed by atoms with Crippen LogP contribution in [0.5, 0.6) is 0 Å². The Kier molecular flexibility index (Phi) is 4.14. The summed E-state index contributed by atoms with van der Waals surface area (Å²) in [5.41, 5.74) is 0.512. The fourth-order valence-electron chi connectivity index (χ4n) is 3.71. The molecule has 0 saturated heterocycles. The van der Waals surface area contributed by atoms with Gasteiger partial charge in [-0.15, -0.1) is 0 Å². The molecule has 0 aliphatic heterocycles. The topological polar surface area (TPSA) is 21.3 Å². The van der Waals surface area contributed by atoms with E-state index in [0.717, 1.165) is 18.6 Å². The molecule has 0 bridgehead atoms. The molecule has 1 N–H and O–H groups in total. The van der Waals surface area contributed by atoms with Gasteiger partial charge in [0.05, 0.1) is 6.10 Å². The van der Waals surface area contributed by atoms with E-state index in [0.29, 0.717) is 17.6 Å². The van der Waals surface area contributed by atoms with Crippen molar-refractivity contribution in [3.8, 4) is 0 Å². The van der Waals surface area contributed by atoms with Gasteiger partial charge in [-0.25, -0.2) is 0 Å². The van der Waals surface area contributed by atoms with Crippen molar-refractivity contribution in [2.45, 2.75) is 78.0 Å². The summed E-state index contributed by atoms with van der Waals surface area (Å²) in [5, 5.41) is 3.90. The van der Waals surface area contributed by atoms with Gasteiger partial charge in [0.25, 0.3) is 0 Å². The Hall–Kier alpha value is -0.0800. The summed E-state index contributed by atoms with van der Waals surface area (Å²) in [6.07, 6.45) is 7.18. The quantitative estimate of drug-likeness (QED) is 0.767. The Morgan fingerprint density at radius 2 is 2.00 bits per heavy atom. The molecule has 2 rings (SSSR count). The SMILES string of the molecule is CCOC1CC(NC(CC)C(C)C)C12CCC2. The van der Waals surface area contributed by atoms with Gasteiger partial charge in [0.15, 0.2) is 0 Å². The van der Waals surface area contributed by atoms with Crippen LogP contribution in [-0.4, -0.2) is 24.8 Å². The van der Waals surface area contributed by atoms with Crippen LogP contribution in [-0.2, 0) is 4.74 Å². The standard InChI is InChI=1S/C15H29NO/c1-5-12(11(3)4)16-13-10-14(17-6-2)15(13)8-7-9-15/h11-14,16H,5-10H2,1-4H3. The van der Waals surface area contributed by atoms with Gasteiger partial charge < -0.3 is 10.1 Å². The maximum absolute atomic E-state index is 5.90. The van der Waals surface area contributed by atoms with Gasteiger partial charge in [-0.2, -0.15) is 0 Å². The fourth-order valence-corrected chi connectivity index (χ4v) is 3.71. The summed E-state index contributed by atoms with van der Waals surface area (Å²) in [4.78, 5) is 0. The first-order chi connectivity index (χ1) is 8.14. The molecule has 2 aliphatic rings. The molecule has 0 amide bonds. The van der Waals surface area contributed by atoms with Crippen LogP contribution in [0.1, 0.15) is 59.8 Å². The zero-order valence-electron chi connectivity index (χ0n) is 12.0. The molecule has 3 atom stereocenters. The zero-order chi connectivity index (χ0) is 12.5. The van der Waals surface area contributed by atoms with Gasteiger partial charge in [0.2, 0.25) is 0 Å². The van der Waals surface area contributed by atoms with E-state index in [1.807, 2.05) is 0 Å². The van der Waals surface area contributed by atoms with Crippen LogP contribution in [0.15, 0.2) is 0 Å². The van der Waals surface area contributed by atoms with E-state index in [2.05, 4.69) is 33.0 Å². The molecule has 2 fully saturated rings. The Morgan fingerprint density at radius 3 is 2.41 bits per heavy atom. The first kappa shape index (κ1) is 13.4. The van der Waals surface area contributed by atoms with Crippen LogP contribution in [0.3, 0.4) is 0 Å². The van der Waals surface area contributed by atoms with Gasteiger partial charge in [0.1, 0.15) is 0 Å². The summed E-state index contributed by atoms with van der Waals surface area (Å²) in [7, 11) is 0. The minimum Gasteiger partial charge on any atom is -0.378 e. The van der Waals surface area contributed by atoms with Crippen LogP contribution in [0.25, 0.3) is 0 Å². The lowest BCUT2D eigenvalue weighted by Gasteiger charge is -2.62. The number of hydrogen-bond donors (Lipinski definition) is 1. The lowest BCUT2D eigenvalue weighted by Crippen LogP contribution is -2.68. The molecule has 0 aromatic heterocycles. The van der Waals surface area contributed by atoms with E-state index in [1.54, 1.807) is 0 Å². The van der Waals surface area contributed by atoms with Crippen molar-refractivity contribution in [1.29, 1.82) is 0 Å². The highest BCUT2D eigenvalue weighted by Crippen LogP contribution is 2.57. The molecule has 2 nitrogen and oxygen atoms in total. The van der Waals surface area contributed by atoms with E-state index in [1.165, 1.54) is 32.1 Å². The summed E-state index contributed by atoms with van der Waals surface area (Å²) >= 11 is 0. The molecular weight excluding hydrogens is 210 g/mol. The average Bonchev–Trinajstić information content (AvgIpc) is 2.19. The van der Waals surface area contributed by atoms with Gasteiger partial charge in [-0.3, -0.25) is 0 Å². The van der Waals surface area contributed by atoms with E-state index < -0.39 is 0 Å². The molecule has 2 saturated carbocycles. The Morgan fingerprint density at radius 1 is 1.29 bits per heavy atom. The van der Waals surface area contributed by atoms with Crippen molar-refractivity contribution in [1.82, 2.24) is 5.32 Å². The van der Waals surface area contributed by atoms with Crippen LogP contribution in [0.4, 0.5) is 0 Å². The van der Waals surface area contributed by atoms with E-state index in [-0.39, 0.29) is 0 Å². The summed E-state index contributed by atoms with van der Waals surface area (Å²) in [6.45, 7) is 9.95. The van der Waals surface area contributed by atoms with Crippen LogP contribution >= 0.6 is 0 Å². The zero-order valence-corrected chi connectivity index (χ0v) is 12.0. The number of nitrogens with one attached hydrogen (secondary N) is 1. The number of rotatable bonds is 6. The van der Waals surface area contributed by atoms with Gasteiger partial charge >= 0.3 is 0 Å². The van der Waals surface area contributed by atoms with Crippen molar-refractivity contribution < 1.29 is 4.74 Å². The summed E-state index contributed by atoms with van der Waals surface area (Å²) in [5.74, 6) is 0.739. The van der Waals surface area contributed by atoms with Gasteiger partial charge in [-0.05, 0) is 38.5 Å². The molecule has 0 radical (unpaired) electrons. The highest BCUT2D eigenvalue weighted by Gasteiger charge is 2.58. The molecule has 2 heteroatoms. The van der Waals surface area contributed by atoms with E-state index in [4.69, 9.17) is 4.74 Å². The Labute approximate surface area is 107 Å². The average molecular weight is 239 g/mol. The first-order valence-corrected chi connectivity index (χ1v) is 7.51. The number of ether oxygens (including phenoxy) is 1.